The summed E-state index contributed by atoms with van der Waals surface area (Å²) < 4.78 is 16.5. The van der Waals surface area contributed by atoms with Crippen LogP contribution in [0.4, 0.5) is 0 Å². The van der Waals surface area contributed by atoms with Gasteiger partial charge >= 0.3 is 0 Å². The first-order valence-corrected chi connectivity index (χ1v) is 7.50. The number of hydrogen-bond acceptors (Lipinski definition) is 3. The molecule has 1 heterocycles. The summed E-state index contributed by atoms with van der Waals surface area (Å²) in [4.78, 5) is 0. The van der Waals surface area contributed by atoms with Gasteiger partial charge in [-0.1, -0.05) is 18.6 Å². The molecule has 1 aromatic carbocycles. The highest BCUT2D eigenvalue weighted by Crippen LogP contribution is 2.46. The summed E-state index contributed by atoms with van der Waals surface area (Å²) in [5.41, 5.74) is 5.25. The maximum absolute atomic E-state index is 5.81. The van der Waals surface area contributed by atoms with E-state index in [9.17, 15) is 0 Å². The van der Waals surface area contributed by atoms with Crippen molar-refractivity contribution in [3.05, 3.63) is 34.4 Å². The van der Waals surface area contributed by atoms with Gasteiger partial charge in [-0.3, -0.25) is 0 Å². The van der Waals surface area contributed by atoms with Crippen molar-refractivity contribution in [2.24, 2.45) is 0 Å². The van der Waals surface area contributed by atoms with E-state index in [1.54, 1.807) is 14.2 Å². The van der Waals surface area contributed by atoms with Crippen LogP contribution >= 0.6 is 0 Å². The predicted molar refractivity (Wildman–Crippen MR) is 77.9 cm³/mol. The first-order valence-electron chi connectivity index (χ1n) is 7.50. The summed E-state index contributed by atoms with van der Waals surface area (Å²) in [5.74, 6) is 0.556. The molecule has 1 aromatic rings. The lowest BCUT2D eigenvalue weighted by atomic mass is 9.82. The first-order chi connectivity index (χ1) is 9.74. The van der Waals surface area contributed by atoms with Gasteiger partial charge in [-0.2, -0.15) is 0 Å². The minimum atomic E-state index is 0.456. The van der Waals surface area contributed by atoms with E-state index in [0.29, 0.717) is 31.3 Å². The molecule has 0 bridgehead atoms. The zero-order valence-electron chi connectivity index (χ0n) is 12.6. The maximum atomic E-state index is 5.81. The summed E-state index contributed by atoms with van der Waals surface area (Å²) >= 11 is 0. The van der Waals surface area contributed by atoms with Gasteiger partial charge in [0.15, 0.2) is 0 Å². The standard InChI is InChI=1S/C17H24O3/c1-11-13(9-18-2)7-12(8-14(11)10-19-3)15-5-4-6-16-17(15)20-16/h7-8,15-17H,4-6,9-10H2,1-3H3. The topological polar surface area (TPSA) is 31.0 Å². The quantitative estimate of drug-likeness (QED) is 0.773. The molecule has 0 spiro atoms. The molecule has 1 saturated heterocycles. The van der Waals surface area contributed by atoms with Crippen molar-refractivity contribution in [3.8, 4) is 0 Å². The minimum absolute atomic E-state index is 0.456. The van der Waals surface area contributed by atoms with Crippen LogP contribution in [-0.4, -0.2) is 26.4 Å². The van der Waals surface area contributed by atoms with E-state index in [1.807, 2.05) is 0 Å². The second-order valence-electron chi connectivity index (χ2n) is 6.01. The molecule has 2 aliphatic rings. The number of ether oxygens (including phenoxy) is 3. The van der Waals surface area contributed by atoms with Crippen LogP contribution in [-0.2, 0) is 27.4 Å². The Balaban J connectivity index is 1.92. The monoisotopic (exact) mass is 276 g/mol. The Hall–Kier alpha value is -0.900. The van der Waals surface area contributed by atoms with Crippen molar-refractivity contribution >= 4 is 0 Å². The fourth-order valence-corrected chi connectivity index (χ4v) is 3.49. The average molecular weight is 276 g/mol. The molecule has 3 nitrogen and oxygen atoms in total. The van der Waals surface area contributed by atoms with Gasteiger partial charge in [0.2, 0.25) is 0 Å². The summed E-state index contributed by atoms with van der Waals surface area (Å²) in [6.45, 7) is 3.49. The fraction of sp³-hybridized carbons (Fsp3) is 0.647. The summed E-state index contributed by atoms with van der Waals surface area (Å²) in [5, 5.41) is 0. The average Bonchev–Trinajstić information content (AvgIpc) is 3.22. The van der Waals surface area contributed by atoms with Crippen molar-refractivity contribution in [1.82, 2.24) is 0 Å². The first kappa shape index (κ1) is 14.1. The normalized spacial score (nSPS) is 28.2. The van der Waals surface area contributed by atoms with Crippen LogP contribution in [0.5, 0.6) is 0 Å². The van der Waals surface area contributed by atoms with Crippen molar-refractivity contribution in [3.63, 3.8) is 0 Å². The SMILES string of the molecule is COCc1cc(C2CCCC3OC32)cc(COC)c1C. The van der Waals surface area contributed by atoms with Crippen LogP contribution in [0.2, 0.25) is 0 Å². The van der Waals surface area contributed by atoms with Gasteiger partial charge in [0.05, 0.1) is 25.4 Å². The van der Waals surface area contributed by atoms with Crippen molar-refractivity contribution < 1.29 is 14.2 Å². The number of methoxy groups -OCH3 is 2. The van der Waals surface area contributed by atoms with E-state index in [4.69, 9.17) is 14.2 Å². The Morgan fingerprint density at radius 2 is 1.75 bits per heavy atom. The van der Waals surface area contributed by atoms with E-state index in [-0.39, 0.29) is 0 Å². The molecule has 2 fully saturated rings. The Bertz CT molecular complexity index is 456. The molecular formula is C17H24O3. The lowest BCUT2D eigenvalue weighted by Crippen LogP contribution is -2.15. The van der Waals surface area contributed by atoms with E-state index in [0.717, 1.165) is 0 Å². The van der Waals surface area contributed by atoms with Crippen LogP contribution in [0, 0.1) is 6.92 Å². The zero-order valence-corrected chi connectivity index (χ0v) is 12.6. The molecule has 0 radical (unpaired) electrons. The Labute approximate surface area is 121 Å². The second-order valence-corrected chi connectivity index (χ2v) is 6.01. The van der Waals surface area contributed by atoms with Crippen LogP contribution in [0.25, 0.3) is 0 Å². The van der Waals surface area contributed by atoms with Crippen molar-refractivity contribution in [2.45, 2.75) is 57.5 Å². The molecule has 3 atom stereocenters. The lowest BCUT2D eigenvalue weighted by Gasteiger charge is -2.22. The molecule has 1 aliphatic carbocycles. The van der Waals surface area contributed by atoms with Gasteiger partial charge in [0.1, 0.15) is 0 Å². The van der Waals surface area contributed by atoms with E-state index >= 15 is 0 Å². The fourth-order valence-electron chi connectivity index (χ4n) is 3.49. The smallest absolute Gasteiger partial charge is 0.0910 e. The number of fused-ring (bicyclic) bond motifs is 1. The highest BCUT2D eigenvalue weighted by atomic mass is 16.6. The molecule has 110 valence electrons. The summed E-state index contributed by atoms with van der Waals surface area (Å²) in [6.07, 6.45) is 4.73. The third kappa shape index (κ3) is 2.62. The van der Waals surface area contributed by atoms with Crippen LogP contribution in [0.3, 0.4) is 0 Å². The van der Waals surface area contributed by atoms with Crippen molar-refractivity contribution in [2.75, 3.05) is 14.2 Å². The molecule has 3 heteroatoms. The third-order valence-corrected chi connectivity index (χ3v) is 4.70. The number of benzene rings is 1. The molecule has 0 amide bonds. The van der Waals surface area contributed by atoms with Crippen molar-refractivity contribution in [1.29, 1.82) is 0 Å². The molecule has 20 heavy (non-hydrogen) atoms. The van der Waals surface area contributed by atoms with Gasteiger partial charge in [0.25, 0.3) is 0 Å². The zero-order chi connectivity index (χ0) is 14.1. The van der Waals surface area contributed by atoms with Gasteiger partial charge in [-0.15, -0.1) is 0 Å². The molecule has 3 rings (SSSR count). The minimum Gasteiger partial charge on any atom is -0.380 e. The van der Waals surface area contributed by atoms with Gasteiger partial charge < -0.3 is 14.2 Å². The largest absolute Gasteiger partial charge is 0.380 e. The second kappa shape index (κ2) is 5.84. The highest BCUT2D eigenvalue weighted by Gasteiger charge is 2.47. The third-order valence-electron chi connectivity index (χ3n) is 4.70. The molecule has 1 saturated carbocycles. The van der Waals surface area contributed by atoms with Gasteiger partial charge in [-0.25, -0.2) is 0 Å². The highest BCUT2D eigenvalue weighted by molar-refractivity contribution is 5.40. The van der Waals surface area contributed by atoms with Gasteiger partial charge in [-0.05, 0) is 42.0 Å². The predicted octanol–water partition coefficient (Wildman–Crippen LogP) is 3.32. The number of epoxide rings is 1. The van der Waals surface area contributed by atoms with Gasteiger partial charge in [0, 0.05) is 20.1 Å². The van der Waals surface area contributed by atoms with Crippen LogP contribution in [0.1, 0.15) is 47.4 Å². The lowest BCUT2D eigenvalue weighted by molar-refractivity contribution is 0.178. The summed E-state index contributed by atoms with van der Waals surface area (Å²) in [6, 6.07) is 4.62. The Morgan fingerprint density at radius 3 is 2.35 bits per heavy atom. The Morgan fingerprint density at radius 1 is 1.10 bits per heavy atom. The van der Waals surface area contributed by atoms with E-state index in [2.05, 4.69) is 19.1 Å². The number of rotatable bonds is 5. The van der Waals surface area contributed by atoms with Crippen LogP contribution in [0.15, 0.2) is 12.1 Å². The summed E-state index contributed by atoms with van der Waals surface area (Å²) in [7, 11) is 3.51. The van der Waals surface area contributed by atoms with Crippen LogP contribution < -0.4 is 0 Å². The van der Waals surface area contributed by atoms with E-state index in [1.165, 1.54) is 41.5 Å². The maximum Gasteiger partial charge on any atom is 0.0910 e. The molecule has 0 N–H and O–H groups in total. The van der Waals surface area contributed by atoms with E-state index < -0.39 is 0 Å². The Kier molecular flexibility index (Phi) is 4.11. The molecule has 0 aromatic heterocycles. The molecular weight excluding hydrogens is 252 g/mol. The number of hydrogen-bond donors (Lipinski definition) is 0. The molecule has 1 aliphatic heterocycles. The molecule has 3 unspecified atom stereocenters.